The molecule has 0 aliphatic heterocycles. The van der Waals surface area contributed by atoms with E-state index in [1.54, 1.807) is 6.92 Å². The lowest BCUT2D eigenvalue weighted by Gasteiger charge is -2.16. The van der Waals surface area contributed by atoms with Gasteiger partial charge in [-0.25, -0.2) is 0 Å². The van der Waals surface area contributed by atoms with Crippen molar-refractivity contribution in [2.24, 2.45) is 5.92 Å². The number of nitrogens with one attached hydrogen (secondary N) is 1. The molecule has 5 nitrogen and oxygen atoms in total. The molecule has 1 aromatic heterocycles. The third kappa shape index (κ3) is 3.23. The van der Waals surface area contributed by atoms with Crippen LogP contribution < -0.4 is 5.32 Å². The minimum Gasteiger partial charge on any atom is -0.396 e. The van der Waals surface area contributed by atoms with E-state index in [0.29, 0.717) is 23.6 Å². The van der Waals surface area contributed by atoms with Gasteiger partial charge in [-0.15, -0.1) is 0 Å². The van der Waals surface area contributed by atoms with E-state index in [1.807, 2.05) is 0 Å². The average molecular weight is 273 g/mol. The molecule has 0 aromatic carbocycles. The van der Waals surface area contributed by atoms with Crippen molar-refractivity contribution in [3.63, 3.8) is 0 Å². The van der Waals surface area contributed by atoms with Gasteiger partial charge in [-0.1, -0.05) is 5.16 Å². The van der Waals surface area contributed by atoms with Gasteiger partial charge in [-0.2, -0.15) is 0 Å². The van der Waals surface area contributed by atoms with Gasteiger partial charge in [0.05, 0.1) is 12.1 Å². The van der Waals surface area contributed by atoms with Gasteiger partial charge in [-0.05, 0) is 43.7 Å². The first-order valence-electron chi connectivity index (χ1n) is 6.12. The summed E-state index contributed by atoms with van der Waals surface area (Å²) < 4.78 is 4.80. The third-order valence-corrected chi connectivity index (χ3v) is 3.55. The molecule has 1 amide bonds. The van der Waals surface area contributed by atoms with Crippen LogP contribution in [0.4, 0.5) is 0 Å². The molecule has 1 atom stereocenters. The lowest BCUT2D eigenvalue weighted by Crippen LogP contribution is -2.38. The Hall–Kier alpha value is -1.07. The van der Waals surface area contributed by atoms with Crippen molar-refractivity contribution in [1.29, 1.82) is 0 Å². The van der Waals surface area contributed by atoms with Gasteiger partial charge in [0.2, 0.25) is 11.1 Å². The van der Waals surface area contributed by atoms with Crippen molar-refractivity contribution in [2.75, 3.05) is 6.61 Å². The molecule has 0 spiro atoms. The number of aromatic nitrogens is 1. The Morgan fingerprint density at radius 2 is 2.39 bits per heavy atom. The summed E-state index contributed by atoms with van der Waals surface area (Å²) in [6, 6.07) is 0.0708. The van der Waals surface area contributed by atoms with E-state index >= 15 is 0 Å². The molecular formula is C12H17ClN2O3. The number of carbonyl (C=O) groups excluding carboxylic acids is 1. The summed E-state index contributed by atoms with van der Waals surface area (Å²) >= 11 is 5.81. The van der Waals surface area contributed by atoms with Gasteiger partial charge in [0.15, 0.2) is 0 Å². The van der Waals surface area contributed by atoms with Gasteiger partial charge in [0.25, 0.3) is 0 Å². The number of aliphatic hydroxyl groups is 1. The Morgan fingerprint density at radius 3 is 2.89 bits per heavy atom. The minimum absolute atomic E-state index is 0.0708. The lowest BCUT2D eigenvalue weighted by molar-refractivity contribution is -0.121. The van der Waals surface area contributed by atoms with Crippen LogP contribution in [0.1, 0.15) is 30.5 Å². The Balaban J connectivity index is 1.91. The molecule has 1 unspecified atom stereocenters. The van der Waals surface area contributed by atoms with Crippen LogP contribution in [-0.2, 0) is 11.2 Å². The highest BCUT2D eigenvalue weighted by molar-refractivity contribution is 6.29. The molecule has 2 rings (SSSR count). The summed E-state index contributed by atoms with van der Waals surface area (Å²) in [6.45, 7) is 1.85. The largest absolute Gasteiger partial charge is 0.396 e. The smallest absolute Gasteiger partial charge is 0.229 e. The molecular weight excluding hydrogens is 256 g/mol. The van der Waals surface area contributed by atoms with Crippen LogP contribution in [0.5, 0.6) is 0 Å². The second-order valence-electron chi connectivity index (χ2n) is 4.72. The number of hydrogen-bond donors (Lipinski definition) is 2. The zero-order valence-electron chi connectivity index (χ0n) is 10.3. The van der Waals surface area contributed by atoms with Crippen molar-refractivity contribution in [3.05, 3.63) is 16.5 Å². The minimum atomic E-state index is -0.103. The molecule has 0 radical (unpaired) electrons. The molecule has 0 saturated heterocycles. The van der Waals surface area contributed by atoms with Crippen LogP contribution in [0.3, 0.4) is 0 Å². The van der Waals surface area contributed by atoms with Crippen LogP contribution >= 0.6 is 11.6 Å². The maximum Gasteiger partial charge on any atom is 0.229 e. The number of aliphatic hydroxyl groups excluding tert-OH is 1. The molecule has 6 heteroatoms. The van der Waals surface area contributed by atoms with Crippen LogP contribution in [0.2, 0.25) is 5.22 Å². The zero-order valence-corrected chi connectivity index (χ0v) is 11.0. The fourth-order valence-corrected chi connectivity index (χ4v) is 2.28. The van der Waals surface area contributed by atoms with E-state index in [1.165, 1.54) is 0 Å². The zero-order chi connectivity index (χ0) is 13.1. The topological polar surface area (TPSA) is 75.4 Å². The Kier molecular flexibility index (Phi) is 4.24. The second kappa shape index (κ2) is 5.71. The number of nitrogens with zero attached hydrogens (tertiary/aromatic N) is 1. The summed E-state index contributed by atoms with van der Waals surface area (Å²) in [7, 11) is 0. The number of amides is 1. The molecule has 2 N–H and O–H groups in total. The number of halogens is 1. The van der Waals surface area contributed by atoms with Crippen molar-refractivity contribution in [1.82, 2.24) is 10.5 Å². The molecule has 1 aromatic rings. The first-order valence-corrected chi connectivity index (χ1v) is 6.50. The number of carbonyl (C=O) groups is 1. The maximum absolute atomic E-state index is 11.9. The number of aryl methyl sites for hydroxylation is 1. The van der Waals surface area contributed by atoms with Crippen LogP contribution in [-0.4, -0.2) is 28.8 Å². The molecule has 1 fully saturated rings. The van der Waals surface area contributed by atoms with Crippen LogP contribution in [0, 0.1) is 12.8 Å². The summed E-state index contributed by atoms with van der Waals surface area (Å²) in [5.74, 6) is 0.411. The predicted molar refractivity (Wildman–Crippen MR) is 66.3 cm³/mol. The monoisotopic (exact) mass is 272 g/mol. The molecule has 1 saturated carbocycles. The lowest BCUT2D eigenvalue weighted by atomic mass is 10.1. The molecule has 18 heavy (non-hydrogen) atoms. The van der Waals surface area contributed by atoms with E-state index in [4.69, 9.17) is 21.2 Å². The van der Waals surface area contributed by atoms with Crippen LogP contribution in [0.25, 0.3) is 0 Å². The highest BCUT2D eigenvalue weighted by Gasteiger charge is 2.32. The van der Waals surface area contributed by atoms with Gasteiger partial charge < -0.3 is 14.9 Å². The summed E-state index contributed by atoms with van der Waals surface area (Å²) in [5.41, 5.74) is 1.27. The van der Waals surface area contributed by atoms with E-state index < -0.39 is 0 Å². The highest BCUT2D eigenvalue weighted by atomic mass is 35.5. The summed E-state index contributed by atoms with van der Waals surface area (Å²) in [6.07, 6.45) is 3.02. The van der Waals surface area contributed by atoms with E-state index in [2.05, 4.69) is 10.5 Å². The van der Waals surface area contributed by atoms with Gasteiger partial charge in [-0.3, -0.25) is 4.79 Å². The maximum atomic E-state index is 11.9. The van der Waals surface area contributed by atoms with Crippen molar-refractivity contribution >= 4 is 17.5 Å². The predicted octanol–water partition coefficient (Wildman–Crippen LogP) is 1.46. The number of rotatable bonds is 6. The van der Waals surface area contributed by atoms with E-state index in [-0.39, 0.29) is 30.2 Å². The molecule has 100 valence electrons. The molecule has 1 aliphatic rings. The van der Waals surface area contributed by atoms with E-state index in [9.17, 15) is 4.79 Å². The van der Waals surface area contributed by atoms with Crippen molar-refractivity contribution in [3.8, 4) is 0 Å². The van der Waals surface area contributed by atoms with Gasteiger partial charge in [0.1, 0.15) is 0 Å². The Morgan fingerprint density at radius 1 is 1.67 bits per heavy atom. The SMILES string of the molecule is Cc1noc(Cl)c1CC(=O)NC(CCO)C1CC1. The molecule has 0 bridgehead atoms. The number of hydrogen-bond acceptors (Lipinski definition) is 4. The fraction of sp³-hybridized carbons (Fsp3) is 0.667. The van der Waals surface area contributed by atoms with Crippen molar-refractivity contribution < 1.29 is 14.4 Å². The second-order valence-corrected chi connectivity index (χ2v) is 5.06. The van der Waals surface area contributed by atoms with Crippen molar-refractivity contribution in [2.45, 2.75) is 38.6 Å². The Bertz CT molecular complexity index is 409. The summed E-state index contributed by atoms with van der Waals surface area (Å²) in [5, 5.41) is 15.8. The van der Waals surface area contributed by atoms with Gasteiger partial charge >= 0.3 is 0 Å². The summed E-state index contributed by atoms with van der Waals surface area (Å²) in [4.78, 5) is 11.9. The quantitative estimate of drug-likeness (QED) is 0.822. The highest BCUT2D eigenvalue weighted by Crippen LogP contribution is 2.34. The van der Waals surface area contributed by atoms with Gasteiger partial charge in [0, 0.05) is 18.2 Å². The average Bonchev–Trinajstić information content (AvgIpc) is 3.12. The molecule has 1 heterocycles. The third-order valence-electron chi connectivity index (χ3n) is 3.25. The first kappa shape index (κ1) is 13.4. The standard InChI is InChI=1S/C12H17ClN2O3/c1-7-9(12(13)18-15-7)6-11(17)14-10(4-5-16)8-2-3-8/h8,10,16H,2-6H2,1H3,(H,14,17). The normalized spacial score (nSPS) is 16.6. The van der Waals surface area contributed by atoms with E-state index in [0.717, 1.165) is 12.8 Å². The Labute approximate surface area is 110 Å². The molecule has 1 aliphatic carbocycles. The first-order chi connectivity index (χ1) is 8.61. The van der Waals surface area contributed by atoms with Crippen LogP contribution in [0.15, 0.2) is 4.52 Å². The fourth-order valence-electron chi connectivity index (χ4n) is 2.04.